The van der Waals surface area contributed by atoms with Crippen LogP contribution in [0.3, 0.4) is 0 Å². The van der Waals surface area contributed by atoms with E-state index < -0.39 is 0 Å². The molecule has 2 nitrogen and oxygen atoms in total. The van der Waals surface area contributed by atoms with E-state index in [9.17, 15) is 0 Å². The molecule has 0 saturated carbocycles. The minimum Gasteiger partial charge on any atom is -0.457 e. The first-order valence-electron chi connectivity index (χ1n) is 10.9. The normalized spacial score (nSPS) is 12.6. The average molecular weight is 395 g/mol. The van der Waals surface area contributed by atoms with Gasteiger partial charge < -0.3 is 8.83 Å². The Labute approximate surface area is 176 Å². The van der Waals surface area contributed by atoms with Gasteiger partial charge in [0.2, 0.25) is 0 Å². The maximum Gasteiger partial charge on any atom is 0.135 e. The zero-order valence-corrected chi connectivity index (χ0v) is 17.6. The molecular weight excluding hydrogens is 368 g/mol. The summed E-state index contributed by atoms with van der Waals surface area (Å²) in [6.45, 7) is 4.37. The zero-order chi connectivity index (χ0) is 20.5. The van der Waals surface area contributed by atoms with Gasteiger partial charge in [0.25, 0.3) is 0 Å². The van der Waals surface area contributed by atoms with Crippen molar-refractivity contribution in [1.82, 2.24) is 0 Å². The second-order valence-electron chi connectivity index (χ2n) is 7.89. The van der Waals surface area contributed by atoms with E-state index in [4.69, 9.17) is 8.83 Å². The van der Waals surface area contributed by atoms with Crippen molar-refractivity contribution in [1.29, 1.82) is 0 Å². The highest BCUT2D eigenvalue weighted by molar-refractivity contribution is 6.21. The van der Waals surface area contributed by atoms with Crippen LogP contribution < -0.4 is 0 Å². The van der Waals surface area contributed by atoms with Gasteiger partial charge in [0.1, 0.15) is 22.7 Å². The van der Waals surface area contributed by atoms with Gasteiger partial charge in [-0.15, -0.1) is 0 Å². The van der Waals surface area contributed by atoms with E-state index in [1.807, 2.05) is 0 Å². The number of fused-ring (bicyclic) bond motifs is 7. The van der Waals surface area contributed by atoms with Crippen molar-refractivity contribution < 1.29 is 8.83 Å². The summed E-state index contributed by atoms with van der Waals surface area (Å²) in [5.74, 6) is 1.83. The molecule has 0 aliphatic carbocycles. The van der Waals surface area contributed by atoms with Crippen molar-refractivity contribution in [3.8, 4) is 0 Å². The number of hydrogen-bond acceptors (Lipinski definition) is 2. The van der Waals surface area contributed by atoms with Crippen LogP contribution >= 0.6 is 0 Å². The molecule has 0 atom stereocenters. The molecule has 0 unspecified atom stereocenters. The summed E-state index contributed by atoms with van der Waals surface area (Å²) >= 11 is 0. The van der Waals surface area contributed by atoms with E-state index in [0.717, 1.165) is 48.4 Å². The lowest BCUT2D eigenvalue weighted by molar-refractivity contribution is 0.603. The Kier molecular flexibility index (Phi) is 4.92. The van der Waals surface area contributed by atoms with Gasteiger partial charge in [0, 0.05) is 10.8 Å². The number of rotatable bonds is 6. The molecule has 0 saturated heterocycles. The summed E-state index contributed by atoms with van der Waals surface area (Å²) in [6, 6.07) is 17.3. The number of hydrogen-bond donors (Lipinski definition) is 0. The second kappa shape index (κ2) is 7.87. The maximum atomic E-state index is 6.05. The molecule has 3 aromatic carbocycles. The molecule has 2 aromatic heterocycles. The maximum absolute atomic E-state index is 6.05. The summed E-state index contributed by atoms with van der Waals surface area (Å²) in [7, 11) is 0. The number of benzene rings is 3. The van der Waals surface area contributed by atoms with Crippen molar-refractivity contribution in [3.63, 3.8) is 0 Å². The predicted molar refractivity (Wildman–Crippen MR) is 129 cm³/mol. The van der Waals surface area contributed by atoms with Crippen LogP contribution in [0.4, 0.5) is 0 Å². The molecule has 30 heavy (non-hydrogen) atoms. The van der Waals surface area contributed by atoms with Gasteiger partial charge in [-0.2, -0.15) is 0 Å². The second-order valence-corrected chi connectivity index (χ2v) is 7.89. The monoisotopic (exact) mass is 394 g/mol. The van der Waals surface area contributed by atoms with Crippen LogP contribution in [-0.4, -0.2) is 0 Å². The molecule has 0 bridgehead atoms. The molecule has 5 rings (SSSR count). The van der Waals surface area contributed by atoms with E-state index in [1.54, 1.807) is 0 Å². The molecular formula is C28H26O2. The summed E-state index contributed by atoms with van der Waals surface area (Å²) in [6.07, 6.45) is 12.9. The van der Waals surface area contributed by atoms with Crippen LogP contribution in [0.5, 0.6) is 0 Å². The van der Waals surface area contributed by atoms with Crippen molar-refractivity contribution in [3.05, 3.63) is 72.2 Å². The zero-order valence-electron chi connectivity index (χ0n) is 17.6. The topological polar surface area (TPSA) is 26.3 Å². The molecule has 0 spiro atoms. The smallest absolute Gasteiger partial charge is 0.135 e. The average Bonchev–Trinajstić information content (AvgIpc) is 3.37. The molecule has 2 heteroatoms. The first-order valence-corrected chi connectivity index (χ1v) is 10.9. The minimum absolute atomic E-state index is 0.917. The minimum atomic E-state index is 0.917. The Morgan fingerprint density at radius 1 is 0.567 bits per heavy atom. The van der Waals surface area contributed by atoms with Crippen LogP contribution in [0.2, 0.25) is 0 Å². The molecule has 0 N–H and O–H groups in total. The van der Waals surface area contributed by atoms with Crippen molar-refractivity contribution in [2.24, 2.45) is 0 Å². The highest BCUT2D eigenvalue weighted by Crippen LogP contribution is 2.37. The van der Waals surface area contributed by atoms with Crippen LogP contribution in [0.1, 0.15) is 51.1 Å². The molecule has 0 radical (unpaired) electrons. The third-order valence-electron chi connectivity index (χ3n) is 5.70. The summed E-state index contributed by atoms with van der Waals surface area (Å²) < 4.78 is 12.1. The quantitative estimate of drug-likeness (QED) is 0.268. The largest absolute Gasteiger partial charge is 0.457 e. The lowest BCUT2D eigenvalue weighted by Gasteiger charge is -2.05. The molecule has 150 valence electrons. The van der Waals surface area contributed by atoms with Crippen molar-refractivity contribution >= 4 is 55.6 Å². The van der Waals surface area contributed by atoms with Crippen LogP contribution in [0, 0.1) is 0 Å². The molecule has 0 aliphatic rings. The van der Waals surface area contributed by atoms with Crippen molar-refractivity contribution in [2.45, 2.75) is 39.5 Å². The highest BCUT2D eigenvalue weighted by Gasteiger charge is 2.12. The summed E-state index contributed by atoms with van der Waals surface area (Å²) in [5, 5.41) is 7.28. The van der Waals surface area contributed by atoms with Gasteiger partial charge in [-0.25, -0.2) is 0 Å². The van der Waals surface area contributed by atoms with E-state index in [-0.39, 0.29) is 0 Å². The third kappa shape index (κ3) is 3.23. The van der Waals surface area contributed by atoms with Gasteiger partial charge in [-0.05, 0) is 70.8 Å². The molecule has 0 fully saturated rings. The Bertz CT molecular complexity index is 1300. The van der Waals surface area contributed by atoms with Gasteiger partial charge >= 0.3 is 0 Å². The Morgan fingerprint density at radius 2 is 0.967 bits per heavy atom. The standard InChI is InChI=1S/C28H26O2/c1-3-5-7-9-19-17-25-23-11-12-24-22(21(23)13-15-27(25)29-19)14-16-28-26(24)18-20(30-28)10-8-6-4-2/h7-18H,3-6H2,1-2H3/b9-7+,10-8+. The SMILES string of the molecule is CCC/C=C/c1cc2c(ccc3c2ccc2c4cc(/C=C/CCC)oc4ccc23)o1. The first-order chi connectivity index (χ1) is 14.8. The number of allylic oxidation sites excluding steroid dienone is 2. The highest BCUT2D eigenvalue weighted by atomic mass is 16.3. The van der Waals surface area contributed by atoms with Gasteiger partial charge in [0.05, 0.1) is 0 Å². The fraction of sp³-hybridized carbons (Fsp3) is 0.214. The van der Waals surface area contributed by atoms with Gasteiger partial charge in [0.15, 0.2) is 0 Å². The third-order valence-corrected chi connectivity index (χ3v) is 5.70. The fourth-order valence-electron chi connectivity index (χ4n) is 4.20. The van der Waals surface area contributed by atoms with Gasteiger partial charge in [-0.3, -0.25) is 0 Å². The molecule has 2 heterocycles. The number of furan rings is 2. The Balaban J connectivity index is 1.66. The van der Waals surface area contributed by atoms with E-state index in [0.29, 0.717) is 0 Å². The lowest BCUT2D eigenvalue weighted by atomic mass is 9.98. The van der Waals surface area contributed by atoms with E-state index >= 15 is 0 Å². The van der Waals surface area contributed by atoms with E-state index in [1.165, 1.54) is 32.3 Å². The fourth-order valence-corrected chi connectivity index (χ4v) is 4.20. The van der Waals surface area contributed by atoms with Crippen LogP contribution in [0.15, 0.2) is 69.5 Å². The van der Waals surface area contributed by atoms with Crippen LogP contribution in [0.25, 0.3) is 55.6 Å². The summed E-state index contributed by atoms with van der Waals surface area (Å²) in [5.41, 5.74) is 1.87. The lowest BCUT2D eigenvalue weighted by Crippen LogP contribution is -1.79. The molecule has 0 amide bonds. The van der Waals surface area contributed by atoms with Crippen LogP contribution in [-0.2, 0) is 0 Å². The Hall–Kier alpha value is -3.26. The first kappa shape index (κ1) is 18.7. The number of unbranched alkanes of at least 4 members (excludes halogenated alkanes) is 2. The molecule has 0 aliphatic heterocycles. The van der Waals surface area contributed by atoms with Crippen molar-refractivity contribution in [2.75, 3.05) is 0 Å². The predicted octanol–water partition coefficient (Wildman–Crippen LogP) is 9.11. The van der Waals surface area contributed by atoms with Gasteiger partial charge in [-0.1, -0.05) is 63.1 Å². The van der Waals surface area contributed by atoms with E-state index in [2.05, 4.69) is 86.7 Å². The molecule has 5 aromatic rings. The summed E-state index contributed by atoms with van der Waals surface area (Å²) in [4.78, 5) is 0. The Morgan fingerprint density at radius 3 is 1.40 bits per heavy atom.